The summed E-state index contributed by atoms with van der Waals surface area (Å²) >= 11 is 0. The Morgan fingerprint density at radius 2 is 1.00 bits per heavy atom. The summed E-state index contributed by atoms with van der Waals surface area (Å²) in [5, 5.41) is 0. The summed E-state index contributed by atoms with van der Waals surface area (Å²) in [6, 6.07) is 0. The molecule has 0 heterocycles. The molecule has 0 aliphatic heterocycles. The zero-order valence-electron chi connectivity index (χ0n) is 1.80. The Morgan fingerprint density at radius 1 is 1.00 bits per heavy atom. The molecule has 25 valence electrons. The van der Waals surface area contributed by atoms with Gasteiger partial charge in [0.05, 0.1) is 0 Å². The van der Waals surface area contributed by atoms with E-state index in [-0.39, 0.29) is 70.8 Å². The maximum absolute atomic E-state index is 0. The van der Waals surface area contributed by atoms with E-state index in [9.17, 15) is 0 Å². The van der Waals surface area contributed by atoms with E-state index in [2.05, 4.69) is 0 Å². The SMILES string of the molecule is S.[Fe].[Ti].[V]. The average molecular weight is 189 g/mol. The van der Waals surface area contributed by atoms with Gasteiger partial charge in [-0.05, 0) is 0 Å². The molecule has 4 heteroatoms. The standard InChI is InChI=1S/Fe.H2S.Ti.V/h;1H2;;. The van der Waals surface area contributed by atoms with Crippen molar-refractivity contribution in [3.05, 3.63) is 0 Å². The van der Waals surface area contributed by atoms with Gasteiger partial charge in [0.2, 0.25) is 0 Å². The van der Waals surface area contributed by atoms with Crippen molar-refractivity contribution >= 4 is 13.5 Å². The first-order chi connectivity index (χ1) is 0. The minimum absolute atomic E-state index is 0. The fourth-order valence-electron chi connectivity index (χ4n) is 0. The summed E-state index contributed by atoms with van der Waals surface area (Å²) in [7, 11) is 0. The van der Waals surface area contributed by atoms with Crippen molar-refractivity contribution in [3.8, 4) is 0 Å². The van der Waals surface area contributed by atoms with Gasteiger partial charge in [-0.2, -0.15) is 13.5 Å². The third kappa shape index (κ3) is 8.90. The van der Waals surface area contributed by atoms with Crippen LogP contribution in [0.2, 0.25) is 0 Å². The van der Waals surface area contributed by atoms with Crippen molar-refractivity contribution in [1.29, 1.82) is 0 Å². The average Bonchev–Trinajstić information content (AvgIpc) is 0. The molecule has 0 fully saturated rings. The predicted molar refractivity (Wildman–Crippen MR) is 10.4 cm³/mol. The van der Waals surface area contributed by atoms with E-state index in [1.165, 1.54) is 0 Å². The van der Waals surface area contributed by atoms with Gasteiger partial charge in [0.25, 0.3) is 0 Å². The Hall–Kier alpha value is 2.17. The van der Waals surface area contributed by atoms with Gasteiger partial charge >= 0.3 is 0 Å². The molecule has 0 amide bonds. The molecule has 1 radical (unpaired) electrons. The van der Waals surface area contributed by atoms with Crippen LogP contribution < -0.4 is 0 Å². The Morgan fingerprint density at radius 3 is 1.00 bits per heavy atom. The van der Waals surface area contributed by atoms with Crippen molar-refractivity contribution in [3.63, 3.8) is 0 Å². The van der Waals surface area contributed by atoms with Gasteiger partial charge in [-0.1, -0.05) is 0 Å². The molecule has 0 spiro atoms. The Bertz CT molecular complexity index is 8.00. The summed E-state index contributed by atoms with van der Waals surface area (Å²) in [4.78, 5) is 0. The Labute approximate surface area is 70.2 Å². The molecule has 0 unspecified atom stereocenters. The second-order valence-corrected chi connectivity index (χ2v) is 0. The molecule has 0 bridgehead atoms. The molecule has 0 aliphatic rings. The van der Waals surface area contributed by atoms with Crippen LogP contribution in [0, 0.1) is 0 Å². The predicted octanol–water partition coefficient (Wildman–Crippen LogP) is 0.105. The second kappa shape index (κ2) is 19.1. The van der Waals surface area contributed by atoms with Gasteiger partial charge in [-0.25, -0.2) is 0 Å². The molecule has 0 aromatic heterocycles. The first kappa shape index (κ1) is 35.0. The van der Waals surface area contributed by atoms with Crippen LogP contribution in [0.1, 0.15) is 0 Å². The quantitative estimate of drug-likeness (QED) is 0.474. The summed E-state index contributed by atoms with van der Waals surface area (Å²) in [5.41, 5.74) is 0. The molecule has 0 saturated heterocycles. The van der Waals surface area contributed by atoms with Crippen molar-refractivity contribution in [2.75, 3.05) is 0 Å². The molecular formula is H2FeSTiV. The molecule has 0 nitrogen and oxygen atoms in total. The molecule has 0 aromatic rings. The van der Waals surface area contributed by atoms with E-state index in [1.807, 2.05) is 0 Å². The van der Waals surface area contributed by atoms with Crippen LogP contribution in [0.3, 0.4) is 0 Å². The monoisotopic (exact) mass is 189 g/mol. The van der Waals surface area contributed by atoms with E-state index >= 15 is 0 Å². The van der Waals surface area contributed by atoms with Gasteiger partial charge in [0.15, 0.2) is 0 Å². The second-order valence-electron chi connectivity index (χ2n) is 0. The fourth-order valence-corrected chi connectivity index (χ4v) is 0. The van der Waals surface area contributed by atoms with Gasteiger partial charge in [0, 0.05) is 57.3 Å². The molecule has 0 atom stereocenters. The summed E-state index contributed by atoms with van der Waals surface area (Å²) in [6.45, 7) is 0. The molecule has 0 aliphatic carbocycles. The van der Waals surface area contributed by atoms with Crippen LogP contribution in [0.15, 0.2) is 0 Å². The van der Waals surface area contributed by atoms with Crippen LogP contribution in [0.4, 0.5) is 0 Å². The maximum atomic E-state index is 0. The maximum Gasteiger partial charge on any atom is 0 e. The zero-order chi connectivity index (χ0) is 0. The first-order valence-corrected chi connectivity index (χ1v) is 0. The summed E-state index contributed by atoms with van der Waals surface area (Å²) < 4.78 is 0. The van der Waals surface area contributed by atoms with Crippen molar-refractivity contribution in [1.82, 2.24) is 0 Å². The molecule has 0 aromatic carbocycles. The van der Waals surface area contributed by atoms with E-state index in [0.717, 1.165) is 0 Å². The minimum atomic E-state index is 0. The third-order valence-electron chi connectivity index (χ3n) is 0. The van der Waals surface area contributed by atoms with Crippen LogP contribution in [-0.2, 0) is 57.3 Å². The third-order valence-corrected chi connectivity index (χ3v) is 0. The Balaban J connectivity index is 0. The van der Waals surface area contributed by atoms with Crippen LogP contribution >= 0.6 is 13.5 Å². The number of hydrogen-bond acceptors (Lipinski definition) is 0. The van der Waals surface area contributed by atoms with Gasteiger partial charge in [-0.3, -0.25) is 0 Å². The van der Waals surface area contributed by atoms with E-state index < -0.39 is 0 Å². The van der Waals surface area contributed by atoms with E-state index in [4.69, 9.17) is 0 Å². The minimum Gasteiger partial charge on any atom is -0.197 e. The molecule has 0 rings (SSSR count). The molecule has 4 heavy (non-hydrogen) atoms. The fraction of sp³-hybridized carbons (Fsp3) is 0. The van der Waals surface area contributed by atoms with Crippen molar-refractivity contribution in [2.45, 2.75) is 0 Å². The van der Waals surface area contributed by atoms with E-state index in [0.29, 0.717) is 0 Å². The molecule has 0 N–H and O–H groups in total. The van der Waals surface area contributed by atoms with Gasteiger partial charge in [0.1, 0.15) is 0 Å². The molecule has 0 saturated carbocycles. The zero-order valence-corrected chi connectivity index (χ0v) is 6.86. The topological polar surface area (TPSA) is 0 Å². The van der Waals surface area contributed by atoms with Gasteiger partial charge < -0.3 is 0 Å². The number of hydrogen-bond donors (Lipinski definition) is 0. The van der Waals surface area contributed by atoms with Gasteiger partial charge in [-0.15, -0.1) is 0 Å². The van der Waals surface area contributed by atoms with Crippen molar-refractivity contribution in [2.24, 2.45) is 0 Å². The van der Waals surface area contributed by atoms with Crippen LogP contribution in [0.5, 0.6) is 0 Å². The van der Waals surface area contributed by atoms with Crippen molar-refractivity contribution < 1.29 is 57.3 Å². The normalized spacial score (nSPS) is 0. The smallest absolute Gasteiger partial charge is 0 e. The summed E-state index contributed by atoms with van der Waals surface area (Å²) in [6.07, 6.45) is 0. The first-order valence-electron chi connectivity index (χ1n) is 0. The largest absolute Gasteiger partial charge is 0.197 e. The Kier molecular flexibility index (Phi) is 167. The molecular weight excluding hydrogens is 187 g/mol. The van der Waals surface area contributed by atoms with Crippen LogP contribution in [-0.4, -0.2) is 0 Å². The number of rotatable bonds is 0. The van der Waals surface area contributed by atoms with Crippen LogP contribution in [0.25, 0.3) is 0 Å². The summed E-state index contributed by atoms with van der Waals surface area (Å²) in [5.74, 6) is 0. The van der Waals surface area contributed by atoms with E-state index in [1.54, 1.807) is 0 Å².